The van der Waals surface area contributed by atoms with Gasteiger partial charge in [0.2, 0.25) is 11.9 Å². The van der Waals surface area contributed by atoms with Crippen LogP contribution in [0.15, 0.2) is 66.9 Å². The zero-order valence-corrected chi connectivity index (χ0v) is 15.7. The highest BCUT2D eigenvalue weighted by atomic mass is 16.5. The van der Waals surface area contributed by atoms with Gasteiger partial charge in [-0.05, 0) is 24.6 Å². The van der Waals surface area contributed by atoms with Crippen molar-refractivity contribution in [3.05, 3.63) is 83.7 Å². The van der Waals surface area contributed by atoms with Gasteiger partial charge in [0, 0.05) is 24.0 Å². The minimum Gasteiger partial charge on any atom is -0.375 e. The van der Waals surface area contributed by atoms with Crippen LogP contribution in [-0.4, -0.2) is 22.5 Å². The van der Waals surface area contributed by atoms with Gasteiger partial charge in [0.1, 0.15) is 5.41 Å². The first-order valence-electron chi connectivity index (χ1n) is 9.23. The molecule has 0 radical (unpaired) electrons. The molecule has 0 saturated heterocycles. The molecule has 3 aromatic rings. The monoisotopic (exact) mass is 374 g/mol. The van der Waals surface area contributed by atoms with E-state index >= 15 is 0 Å². The maximum Gasteiger partial charge on any atom is 0.234 e. The number of nitrogens with one attached hydrogen (secondary N) is 2. The SMILES string of the molecule is CC1(C(=O)NCc2ccccc2)COCc2cnc(Nc3ccccc3)nc21. The van der Waals surface area contributed by atoms with E-state index in [4.69, 9.17) is 4.74 Å². The van der Waals surface area contributed by atoms with E-state index in [0.29, 0.717) is 24.8 Å². The van der Waals surface area contributed by atoms with Crippen molar-refractivity contribution in [2.24, 2.45) is 0 Å². The molecule has 0 aliphatic carbocycles. The van der Waals surface area contributed by atoms with E-state index in [2.05, 4.69) is 20.6 Å². The quantitative estimate of drug-likeness (QED) is 0.716. The molecular weight excluding hydrogens is 352 g/mol. The molecule has 142 valence electrons. The summed E-state index contributed by atoms with van der Waals surface area (Å²) in [5, 5.41) is 6.21. The average molecular weight is 374 g/mol. The zero-order valence-electron chi connectivity index (χ0n) is 15.7. The van der Waals surface area contributed by atoms with Crippen LogP contribution in [0.3, 0.4) is 0 Å². The number of hydrogen-bond donors (Lipinski definition) is 2. The van der Waals surface area contributed by atoms with Gasteiger partial charge >= 0.3 is 0 Å². The van der Waals surface area contributed by atoms with Crippen LogP contribution in [0.25, 0.3) is 0 Å². The number of aromatic nitrogens is 2. The molecule has 1 aliphatic rings. The molecule has 6 heteroatoms. The number of hydrogen-bond acceptors (Lipinski definition) is 5. The molecule has 1 unspecified atom stereocenters. The summed E-state index contributed by atoms with van der Waals surface area (Å²) in [5.41, 5.74) is 2.61. The summed E-state index contributed by atoms with van der Waals surface area (Å²) in [6.07, 6.45) is 1.73. The second kappa shape index (κ2) is 7.78. The molecule has 2 N–H and O–H groups in total. The highest BCUT2D eigenvalue weighted by molar-refractivity contribution is 5.88. The summed E-state index contributed by atoms with van der Waals surface area (Å²) in [4.78, 5) is 22.1. The van der Waals surface area contributed by atoms with Gasteiger partial charge in [-0.1, -0.05) is 48.5 Å². The van der Waals surface area contributed by atoms with Crippen LogP contribution in [0.1, 0.15) is 23.7 Å². The third-order valence-corrected chi connectivity index (χ3v) is 4.86. The Balaban J connectivity index is 1.57. The largest absolute Gasteiger partial charge is 0.375 e. The number of anilines is 2. The van der Waals surface area contributed by atoms with Crippen LogP contribution in [0.5, 0.6) is 0 Å². The lowest BCUT2D eigenvalue weighted by atomic mass is 9.82. The molecule has 0 fully saturated rings. The molecule has 1 atom stereocenters. The topological polar surface area (TPSA) is 76.1 Å². The number of nitrogens with zero attached hydrogens (tertiary/aromatic N) is 2. The van der Waals surface area contributed by atoms with Gasteiger partial charge in [-0.25, -0.2) is 9.97 Å². The van der Waals surface area contributed by atoms with E-state index < -0.39 is 5.41 Å². The Morgan fingerprint density at radius 1 is 1.11 bits per heavy atom. The smallest absolute Gasteiger partial charge is 0.234 e. The number of para-hydroxylation sites is 1. The number of ether oxygens (including phenoxy) is 1. The number of carbonyl (C=O) groups excluding carboxylic acids is 1. The van der Waals surface area contributed by atoms with E-state index in [1.165, 1.54) is 0 Å². The van der Waals surface area contributed by atoms with Gasteiger partial charge in [0.15, 0.2) is 0 Å². The first-order chi connectivity index (χ1) is 13.6. The minimum absolute atomic E-state index is 0.110. The van der Waals surface area contributed by atoms with Gasteiger partial charge in [-0.15, -0.1) is 0 Å². The van der Waals surface area contributed by atoms with Gasteiger partial charge in [-0.2, -0.15) is 0 Å². The zero-order chi connectivity index (χ0) is 19.4. The first kappa shape index (κ1) is 18.1. The van der Waals surface area contributed by atoms with Crippen LogP contribution in [0.4, 0.5) is 11.6 Å². The Hall–Kier alpha value is -3.25. The van der Waals surface area contributed by atoms with Crippen molar-refractivity contribution in [2.75, 3.05) is 11.9 Å². The molecule has 2 aromatic carbocycles. The van der Waals surface area contributed by atoms with Gasteiger partial charge < -0.3 is 15.4 Å². The third-order valence-electron chi connectivity index (χ3n) is 4.86. The fraction of sp³-hybridized carbons (Fsp3) is 0.227. The molecule has 0 spiro atoms. The number of carbonyl (C=O) groups is 1. The molecular formula is C22H22N4O2. The molecule has 28 heavy (non-hydrogen) atoms. The summed E-state index contributed by atoms with van der Waals surface area (Å²) < 4.78 is 5.68. The fourth-order valence-corrected chi connectivity index (χ4v) is 3.28. The number of benzene rings is 2. The molecule has 2 heterocycles. The number of amides is 1. The molecule has 1 aliphatic heterocycles. The molecule has 4 rings (SSSR count). The standard InChI is InChI=1S/C22H22N4O2/c1-22(20(27)23-12-16-8-4-2-5-9-16)15-28-14-17-13-24-21(26-19(17)22)25-18-10-6-3-7-11-18/h2-11,13H,12,14-15H2,1H3,(H,23,27)(H,24,25,26). The van der Waals surface area contributed by atoms with Crippen LogP contribution < -0.4 is 10.6 Å². The van der Waals surface area contributed by atoms with Crippen molar-refractivity contribution in [2.45, 2.75) is 25.5 Å². The van der Waals surface area contributed by atoms with Crippen molar-refractivity contribution in [3.63, 3.8) is 0 Å². The van der Waals surface area contributed by atoms with E-state index in [9.17, 15) is 4.79 Å². The maximum atomic E-state index is 13.1. The van der Waals surface area contributed by atoms with Crippen LogP contribution in [0.2, 0.25) is 0 Å². The summed E-state index contributed by atoms with van der Waals surface area (Å²) in [5.74, 6) is 0.357. The van der Waals surface area contributed by atoms with Crippen molar-refractivity contribution >= 4 is 17.5 Å². The Bertz CT molecular complexity index is 963. The van der Waals surface area contributed by atoms with E-state index in [0.717, 1.165) is 16.8 Å². The molecule has 0 bridgehead atoms. The highest BCUT2D eigenvalue weighted by Crippen LogP contribution is 2.32. The van der Waals surface area contributed by atoms with Crippen LogP contribution >= 0.6 is 0 Å². The Morgan fingerprint density at radius 3 is 2.57 bits per heavy atom. The van der Waals surface area contributed by atoms with Crippen molar-refractivity contribution in [1.82, 2.24) is 15.3 Å². The molecule has 1 amide bonds. The summed E-state index contributed by atoms with van der Waals surface area (Å²) >= 11 is 0. The van der Waals surface area contributed by atoms with Gasteiger partial charge in [0.25, 0.3) is 0 Å². The fourth-order valence-electron chi connectivity index (χ4n) is 3.28. The lowest BCUT2D eigenvalue weighted by Crippen LogP contribution is -2.48. The molecule has 6 nitrogen and oxygen atoms in total. The highest BCUT2D eigenvalue weighted by Gasteiger charge is 2.42. The van der Waals surface area contributed by atoms with E-state index in [1.54, 1.807) is 6.20 Å². The normalized spacial score (nSPS) is 18.2. The number of rotatable bonds is 5. The van der Waals surface area contributed by atoms with Crippen molar-refractivity contribution in [1.29, 1.82) is 0 Å². The lowest BCUT2D eigenvalue weighted by molar-refractivity contribution is -0.130. The first-order valence-corrected chi connectivity index (χ1v) is 9.23. The van der Waals surface area contributed by atoms with E-state index in [1.807, 2.05) is 67.6 Å². The van der Waals surface area contributed by atoms with Crippen molar-refractivity contribution in [3.8, 4) is 0 Å². The Kier molecular flexibility index (Phi) is 5.04. The summed E-state index contributed by atoms with van der Waals surface area (Å²) in [7, 11) is 0. The summed E-state index contributed by atoms with van der Waals surface area (Å²) in [6, 6.07) is 19.5. The predicted octanol–water partition coefficient (Wildman–Crippen LogP) is 3.32. The lowest BCUT2D eigenvalue weighted by Gasteiger charge is -2.33. The minimum atomic E-state index is -0.877. The van der Waals surface area contributed by atoms with Crippen LogP contribution in [-0.2, 0) is 28.1 Å². The average Bonchev–Trinajstić information content (AvgIpc) is 2.74. The van der Waals surface area contributed by atoms with Crippen molar-refractivity contribution < 1.29 is 9.53 Å². The Morgan fingerprint density at radius 2 is 1.82 bits per heavy atom. The predicted molar refractivity (Wildman–Crippen MR) is 107 cm³/mol. The second-order valence-electron chi connectivity index (χ2n) is 7.05. The molecule has 0 saturated carbocycles. The number of fused-ring (bicyclic) bond motifs is 1. The van der Waals surface area contributed by atoms with E-state index in [-0.39, 0.29) is 12.5 Å². The molecule has 1 aromatic heterocycles. The Labute approximate surface area is 164 Å². The van der Waals surface area contributed by atoms with Gasteiger partial charge in [0.05, 0.1) is 18.9 Å². The summed E-state index contributed by atoms with van der Waals surface area (Å²) in [6.45, 7) is 3.01. The second-order valence-corrected chi connectivity index (χ2v) is 7.05. The van der Waals surface area contributed by atoms with Gasteiger partial charge in [-0.3, -0.25) is 4.79 Å². The third kappa shape index (κ3) is 3.73. The maximum absolute atomic E-state index is 13.1. The van der Waals surface area contributed by atoms with Crippen LogP contribution in [0, 0.1) is 0 Å².